The van der Waals surface area contributed by atoms with Gasteiger partial charge in [-0.2, -0.15) is 5.10 Å². The maximum Gasteiger partial charge on any atom is 0.105 e. The molecule has 2 rings (SSSR count). The minimum absolute atomic E-state index is 0.279. The summed E-state index contributed by atoms with van der Waals surface area (Å²) in [6.45, 7) is 0. The van der Waals surface area contributed by atoms with Gasteiger partial charge in [0.05, 0.1) is 23.3 Å². The van der Waals surface area contributed by atoms with Crippen molar-refractivity contribution in [2.75, 3.05) is 7.05 Å². The van der Waals surface area contributed by atoms with E-state index < -0.39 is 0 Å². The van der Waals surface area contributed by atoms with Gasteiger partial charge in [-0.05, 0) is 18.4 Å². The quantitative estimate of drug-likeness (QED) is 0.512. The normalized spacial score (nSPS) is 16.6. The van der Waals surface area contributed by atoms with Crippen LogP contribution in [0.3, 0.4) is 0 Å². The third-order valence-electron chi connectivity index (χ3n) is 2.57. The van der Waals surface area contributed by atoms with Crippen molar-refractivity contribution < 1.29 is 0 Å². The molecule has 20 heavy (non-hydrogen) atoms. The van der Waals surface area contributed by atoms with Crippen LogP contribution in [-0.4, -0.2) is 34.9 Å². The monoisotopic (exact) mass is 269 g/mol. The van der Waals surface area contributed by atoms with Crippen molar-refractivity contribution in [1.29, 1.82) is 10.8 Å². The Morgan fingerprint density at radius 1 is 1.45 bits per heavy atom. The first-order valence-corrected chi connectivity index (χ1v) is 5.94. The molecule has 5 N–H and O–H groups in total. The number of nitrogens with one attached hydrogen (secondary N) is 5. The number of H-pyrrole nitrogens is 1. The number of rotatable bonds is 5. The summed E-state index contributed by atoms with van der Waals surface area (Å²) in [6.07, 6.45) is 11.1. The average Bonchev–Trinajstić information content (AvgIpc) is 2.99. The summed E-state index contributed by atoms with van der Waals surface area (Å²) in [5, 5.41) is 27.6. The van der Waals surface area contributed by atoms with Gasteiger partial charge in [0.2, 0.25) is 0 Å². The zero-order valence-electron chi connectivity index (χ0n) is 10.9. The van der Waals surface area contributed by atoms with E-state index in [0.29, 0.717) is 17.1 Å². The van der Waals surface area contributed by atoms with E-state index in [-0.39, 0.29) is 5.71 Å². The highest BCUT2D eigenvalue weighted by Crippen LogP contribution is 2.15. The van der Waals surface area contributed by atoms with Crippen LogP contribution in [0.2, 0.25) is 0 Å². The first-order chi connectivity index (χ1) is 9.76. The second-order valence-corrected chi connectivity index (χ2v) is 3.90. The minimum atomic E-state index is 0.279. The molecule has 102 valence electrons. The van der Waals surface area contributed by atoms with E-state index in [1.165, 1.54) is 6.21 Å². The van der Waals surface area contributed by atoms with Crippen molar-refractivity contribution in [2.24, 2.45) is 4.99 Å². The molecule has 7 heteroatoms. The van der Waals surface area contributed by atoms with Crippen LogP contribution in [0.25, 0.3) is 0 Å². The molecule has 0 aromatic carbocycles. The van der Waals surface area contributed by atoms with Crippen molar-refractivity contribution in [2.45, 2.75) is 0 Å². The molecule has 0 radical (unpaired) electrons. The van der Waals surface area contributed by atoms with E-state index in [1.54, 1.807) is 44.0 Å². The van der Waals surface area contributed by atoms with Crippen LogP contribution < -0.4 is 10.6 Å². The van der Waals surface area contributed by atoms with Crippen LogP contribution in [-0.2, 0) is 0 Å². The van der Waals surface area contributed by atoms with Crippen molar-refractivity contribution in [3.8, 4) is 0 Å². The molecule has 1 aliphatic heterocycles. The van der Waals surface area contributed by atoms with Crippen LogP contribution in [0.15, 0.2) is 53.3 Å². The number of aliphatic imine (C=N–C) groups is 1. The van der Waals surface area contributed by atoms with Gasteiger partial charge in [0.1, 0.15) is 5.70 Å². The lowest BCUT2D eigenvalue weighted by molar-refractivity contribution is 1.08. The molecule has 2 heterocycles. The third kappa shape index (κ3) is 2.89. The SMILES string of the molecule is CN/C=C\C(=N)C1=CN/C(=C\C=N)C(c2cn[nH]c2)=N1. The molecular formula is C13H15N7. The van der Waals surface area contributed by atoms with Crippen LogP contribution in [0.4, 0.5) is 0 Å². The number of nitrogens with zero attached hydrogens (tertiary/aromatic N) is 2. The van der Waals surface area contributed by atoms with Crippen molar-refractivity contribution in [1.82, 2.24) is 20.8 Å². The summed E-state index contributed by atoms with van der Waals surface area (Å²) in [5.74, 6) is 0. The molecule has 0 saturated carbocycles. The lowest BCUT2D eigenvalue weighted by Gasteiger charge is -2.16. The van der Waals surface area contributed by atoms with Gasteiger partial charge in [0.15, 0.2) is 0 Å². The fourth-order valence-electron chi connectivity index (χ4n) is 1.63. The van der Waals surface area contributed by atoms with Gasteiger partial charge in [0, 0.05) is 31.2 Å². The Morgan fingerprint density at radius 3 is 2.95 bits per heavy atom. The second kappa shape index (κ2) is 6.28. The predicted octanol–water partition coefficient (Wildman–Crippen LogP) is 0.930. The fourth-order valence-corrected chi connectivity index (χ4v) is 1.63. The average molecular weight is 269 g/mol. The van der Waals surface area contributed by atoms with Gasteiger partial charge in [0.25, 0.3) is 0 Å². The Morgan fingerprint density at radius 2 is 2.30 bits per heavy atom. The van der Waals surface area contributed by atoms with E-state index in [0.717, 1.165) is 5.56 Å². The molecule has 1 aromatic rings. The van der Waals surface area contributed by atoms with E-state index in [9.17, 15) is 0 Å². The zero-order chi connectivity index (χ0) is 14.4. The highest BCUT2D eigenvalue weighted by Gasteiger charge is 2.16. The molecule has 7 nitrogen and oxygen atoms in total. The minimum Gasteiger partial charge on any atom is -0.394 e. The standard InChI is InChI=1S/C13H15N7/c1-16-5-3-10(15)12-8-17-11(2-4-14)13(20-12)9-6-18-19-7-9/h2-8,14-17H,1H3,(H,18,19)/b5-3-,11-2-,14-4?,15-10?. The molecule has 0 spiro atoms. The van der Waals surface area contributed by atoms with Crippen LogP contribution in [0, 0.1) is 10.8 Å². The number of aromatic nitrogens is 2. The molecule has 0 amide bonds. The molecule has 0 aliphatic carbocycles. The summed E-state index contributed by atoms with van der Waals surface area (Å²) in [4.78, 5) is 4.46. The van der Waals surface area contributed by atoms with Crippen molar-refractivity contribution >= 4 is 17.6 Å². The molecule has 0 bridgehead atoms. The van der Waals surface area contributed by atoms with E-state index in [4.69, 9.17) is 10.8 Å². The van der Waals surface area contributed by atoms with Crippen molar-refractivity contribution in [3.05, 3.63) is 53.9 Å². The van der Waals surface area contributed by atoms with E-state index in [1.807, 2.05) is 0 Å². The van der Waals surface area contributed by atoms with E-state index >= 15 is 0 Å². The Bertz CT molecular complexity index is 617. The van der Waals surface area contributed by atoms with Gasteiger partial charge < -0.3 is 16.0 Å². The molecule has 0 atom stereocenters. The lowest BCUT2D eigenvalue weighted by atomic mass is 10.1. The predicted molar refractivity (Wildman–Crippen MR) is 79.1 cm³/mol. The van der Waals surface area contributed by atoms with Gasteiger partial charge in [-0.15, -0.1) is 0 Å². The molecular weight excluding hydrogens is 254 g/mol. The molecule has 1 aliphatic rings. The number of allylic oxidation sites excluding steroid dienone is 3. The summed E-state index contributed by atoms with van der Waals surface area (Å²) in [7, 11) is 1.77. The number of aromatic amines is 1. The maximum atomic E-state index is 7.94. The Kier molecular flexibility index (Phi) is 4.23. The molecule has 0 unspecified atom stereocenters. The van der Waals surface area contributed by atoms with Gasteiger partial charge in [-0.1, -0.05) is 0 Å². The Balaban J connectivity index is 2.36. The Labute approximate surface area is 116 Å². The van der Waals surface area contributed by atoms with E-state index in [2.05, 4.69) is 25.8 Å². The van der Waals surface area contributed by atoms with Gasteiger partial charge in [-0.3, -0.25) is 10.5 Å². The van der Waals surface area contributed by atoms with Crippen LogP contribution >= 0.6 is 0 Å². The third-order valence-corrected chi connectivity index (χ3v) is 2.57. The topological polar surface area (TPSA) is 113 Å². The summed E-state index contributed by atoms with van der Waals surface area (Å²) in [5.41, 5.74) is 2.91. The molecule has 1 aromatic heterocycles. The fraction of sp³-hybridized carbons (Fsp3) is 0.0769. The largest absolute Gasteiger partial charge is 0.394 e. The van der Waals surface area contributed by atoms with Gasteiger partial charge in [-0.25, -0.2) is 4.99 Å². The maximum absolute atomic E-state index is 7.94. The zero-order valence-corrected chi connectivity index (χ0v) is 10.9. The summed E-state index contributed by atoms with van der Waals surface area (Å²) in [6, 6.07) is 0. The highest BCUT2D eigenvalue weighted by atomic mass is 15.1. The highest BCUT2D eigenvalue weighted by molar-refractivity contribution is 6.18. The summed E-state index contributed by atoms with van der Waals surface area (Å²) < 4.78 is 0. The first-order valence-electron chi connectivity index (χ1n) is 5.94. The summed E-state index contributed by atoms with van der Waals surface area (Å²) >= 11 is 0. The van der Waals surface area contributed by atoms with Crippen molar-refractivity contribution in [3.63, 3.8) is 0 Å². The Hall–Kier alpha value is -2.96. The smallest absolute Gasteiger partial charge is 0.105 e. The lowest BCUT2D eigenvalue weighted by Crippen LogP contribution is -2.23. The van der Waals surface area contributed by atoms with Crippen LogP contribution in [0.5, 0.6) is 0 Å². The molecule has 0 saturated heterocycles. The van der Waals surface area contributed by atoms with Crippen LogP contribution in [0.1, 0.15) is 5.56 Å². The van der Waals surface area contributed by atoms with Gasteiger partial charge >= 0.3 is 0 Å². The molecule has 0 fully saturated rings. The number of hydrogen-bond acceptors (Lipinski definition) is 6. The number of hydrogen-bond donors (Lipinski definition) is 5. The second-order valence-electron chi connectivity index (χ2n) is 3.90. The first kappa shape index (κ1) is 13.5.